The van der Waals surface area contributed by atoms with Gasteiger partial charge in [-0.3, -0.25) is 0 Å². The van der Waals surface area contributed by atoms with Crippen molar-refractivity contribution in [3.8, 4) is 6.07 Å². The van der Waals surface area contributed by atoms with Crippen molar-refractivity contribution in [1.29, 1.82) is 5.26 Å². The topological polar surface area (TPSA) is 67.2 Å². The first kappa shape index (κ1) is 11.1. The van der Waals surface area contributed by atoms with Gasteiger partial charge in [-0.2, -0.15) is 5.26 Å². The van der Waals surface area contributed by atoms with Crippen molar-refractivity contribution in [3.63, 3.8) is 0 Å². The van der Waals surface area contributed by atoms with Crippen LogP contribution in [-0.2, 0) is 20.0 Å². The van der Waals surface area contributed by atoms with Gasteiger partial charge < -0.3 is 4.74 Å². The molecule has 84 valence electrons. The third-order valence-corrected chi connectivity index (χ3v) is 3.87. The Morgan fingerprint density at radius 3 is 2.19 bits per heavy atom. The van der Waals surface area contributed by atoms with Crippen LogP contribution in [0.1, 0.15) is 5.56 Å². The maximum atomic E-state index is 11.3. The quantitative estimate of drug-likeness (QED) is 0.765. The fourth-order valence-electron chi connectivity index (χ4n) is 1.62. The van der Waals surface area contributed by atoms with E-state index < -0.39 is 15.3 Å². The predicted molar refractivity (Wildman–Crippen MR) is 57.7 cm³/mol. The van der Waals surface area contributed by atoms with Gasteiger partial charge in [-0.15, -0.1) is 0 Å². The molecule has 1 aliphatic heterocycles. The number of sulfone groups is 1. The van der Waals surface area contributed by atoms with Gasteiger partial charge in [0.15, 0.2) is 9.84 Å². The summed E-state index contributed by atoms with van der Waals surface area (Å²) in [4.78, 5) is 0.268. The van der Waals surface area contributed by atoms with E-state index >= 15 is 0 Å². The van der Waals surface area contributed by atoms with Crippen molar-refractivity contribution in [2.24, 2.45) is 0 Å². The molecule has 0 aromatic heterocycles. The van der Waals surface area contributed by atoms with Crippen molar-refractivity contribution in [2.75, 3.05) is 19.5 Å². The van der Waals surface area contributed by atoms with E-state index in [4.69, 9.17) is 10.00 Å². The van der Waals surface area contributed by atoms with Crippen LogP contribution in [0.5, 0.6) is 0 Å². The molecule has 4 nitrogen and oxygen atoms in total. The molecule has 0 unspecified atom stereocenters. The monoisotopic (exact) mass is 237 g/mol. The first-order chi connectivity index (χ1) is 7.48. The van der Waals surface area contributed by atoms with E-state index in [9.17, 15) is 8.42 Å². The highest BCUT2D eigenvalue weighted by Crippen LogP contribution is 2.31. The summed E-state index contributed by atoms with van der Waals surface area (Å²) in [6.45, 7) is 0.753. The average Bonchev–Trinajstić information content (AvgIpc) is 2.16. The number of hydrogen-bond donors (Lipinski definition) is 0. The fourth-order valence-corrected chi connectivity index (χ4v) is 2.25. The Bertz CT molecular complexity index is 536. The zero-order valence-electron chi connectivity index (χ0n) is 8.80. The van der Waals surface area contributed by atoms with Gasteiger partial charge in [0.25, 0.3) is 0 Å². The van der Waals surface area contributed by atoms with Crippen molar-refractivity contribution in [2.45, 2.75) is 10.3 Å². The van der Waals surface area contributed by atoms with Gasteiger partial charge in [0.2, 0.25) is 0 Å². The molecular formula is C11H11NO3S. The van der Waals surface area contributed by atoms with Crippen LogP contribution < -0.4 is 0 Å². The Labute approximate surface area is 94.4 Å². The molecule has 2 rings (SSSR count). The van der Waals surface area contributed by atoms with E-state index in [0.717, 1.165) is 11.8 Å². The molecule has 1 aliphatic rings. The largest absolute Gasteiger partial charge is 0.377 e. The molecule has 0 bridgehead atoms. The second kappa shape index (κ2) is 3.58. The third kappa shape index (κ3) is 1.70. The molecule has 1 heterocycles. The molecule has 1 aromatic rings. The second-order valence-electron chi connectivity index (χ2n) is 3.98. The zero-order chi connectivity index (χ0) is 11.8. The molecule has 0 aliphatic carbocycles. The van der Waals surface area contributed by atoms with Gasteiger partial charge in [0.1, 0.15) is 5.41 Å². The first-order valence-corrected chi connectivity index (χ1v) is 6.67. The van der Waals surface area contributed by atoms with Crippen LogP contribution in [0, 0.1) is 11.3 Å². The second-order valence-corrected chi connectivity index (χ2v) is 6.00. The summed E-state index contributed by atoms with van der Waals surface area (Å²) in [7, 11) is -3.17. The lowest BCUT2D eigenvalue weighted by Gasteiger charge is -2.35. The molecule has 5 heteroatoms. The van der Waals surface area contributed by atoms with Gasteiger partial charge >= 0.3 is 0 Å². The lowest BCUT2D eigenvalue weighted by atomic mass is 9.80. The summed E-state index contributed by atoms with van der Waals surface area (Å²) in [6, 6.07) is 8.64. The van der Waals surface area contributed by atoms with Gasteiger partial charge in [-0.1, -0.05) is 12.1 Å². The number of rotatable bonds is 2. The smallest absolute Gasteiger partial charge is 0.175 e. The minimum absolute atomic E-state index is 0.268. The van der Waals surface area contributed by atoms with Crippen molar-refractivity contribution >= 4 is 9.84 Å². The summed E-state index contributed by atoms with van der Waals surface area (Å²) in [5.74, 6) is 0. The fraction of sp³-hybridized carbons (Fsp3) is 0.364. The van der Waals surface area contributed by atoms with Crippen LogP contribution in [0.2, 0.25) is 0 Å². The number of ether oxygens (including phenoxy) is 1. The lowest BCUT2D eigenvalue weighted by Crippen LogP contribution is -2.45. The van der Waals surface area contributed by atoms with E-state index in [0.29, 0.717) is 13.2 Å². The molecule has 16 heavy (non-hydrogen) atoms. The molecule has 0 saturated carbocycles. The molecular weight excluding hydrogens is 226 g/mol. The maximum Gasteiger partial charge on any atom is 0.175 e. The lowest BCUT2D eigenvalue weighted by molar-refractivity contribution is -0.0298. The summed E-state index contributed by atoms with van der Waals surface area (Å²) < 4.78 is 27.6. The Balaban J connectivity index is 2.37. The Morgan fingerprint density at radius 1 is 1.31 bits per heavy atom. The molecule has 1 aromatic carbocycles. The normalized spacial score (nSPS) is 18.5. The van der Waals surface area contributed by atoms with Crippen molar-refractivity contribution < 1.29 is 13.2 Å². The summed E-state index contributed by atoms with van der Waals surface area (Å²) in [6.07, 6.45) is 1.16. The summed E-state index contributed by atoms with van der Waals surface area (Å²) >= 11 is 0. The molecule has 0 radical (unpaired) electrons. The van der Waals surface area contributed by atoms with Gasteiger partial charge in [0.05, 0.1) is 24.2 Å². The molecule has 1 fully saturated rings. The number of benzene rings is 1. The standard InChI is InChI=1S/C11H11NO3S/c1-16(13,14)10-4-2-9(3-5-10)11(6-12)7-15-8-11/h2-5H,7-8H2,1H3. The van der Waals surface area contributed by atoms with E-state index in [1.165, 1.54) is 12.1 Å². The minimum atomic E-state index is -3.17. The SMILES string of the molecule is CS(=O)(=O)c1ccc(C2(C#N)COC2)cc1. The minimum Gasteiger partial charge on any atom is -0.377 e. The highest BCUT2D eigenvalue weighted by molar-refractivity contribution is 7.90. The molecule has 0 N–H and O–H groups in total. The van der Waals surface area contributed by atoms with Crippen LogP contribution >= 0.6 is 0 Å². The summed E-state index contributed by atoms with van der Waals surface area (Å²) in [5.41, 5.74) is 0.226. The van der Waals surface area contributed by atoms with Crippen LogP contribution in [0.4, 0.5) is 0 Å². The summed E-state index contributed by atoms with van der Waals surface area (Å²) in [5, 5.41) is 9.07. The first-order valence-electron chi connectivity index (χ1n) is 4.78. The predicted octanol–water partition coefficient (Wildman–Crippen LogP) is 0.882. The number of nitrogens with zero attached hydrogens (tertiary/aromatic N) is 1. The van der Waals surface area contributed by atoms with E-state index in [1.807, 2.05) is 0 Å². The highest BCUT2D eigenvalue weighted by atomic mass is 32.2. The molecule has 1 saturated heterocycles. The number of nitriles is 1. The van der Waals surface area contributed by atoms with Crippen LogP contribution in [0.3, 0.4) is 0 Å². The Kier molecular flexibility index (Phi) is 2.49. The number of hydrogen-bond acceptors (Lipinski definition) is 4. The molecule has 0 spiro atoms. The maximum absolute atomic E-state index is 11.3. The third-order valence-electron chi connectivity index (χ3n) is 2.75. The average molecular weight is 237 g/mol. The van der Waals surface area contributed by atoms with E-state index in [2.05, 4.69) is 6.07 Å². The van der Waals surface area contributed by atoms with Crippen molar-refractivity contribution in [1.82, 2.24) is 0 Å². The Morgan fingerprint density at radius 2 is 1.88 bits per heavy atom. The van der Waals surface area contributed by atoms with E-state index in [-0.39, 0.29) is 4.90 Å². The highest BCUT2D eigenvalue weighted by Gasteiger charge is 2.40. The molecule has 0 atom stereocenters. The van der Waals surface area contributed by atoms with Crippen LogP contribution in [-0.4, -0.2) is 27.9 Å². The Hall–Kier alpha value is -1.38. The van der Waals surface area contributed by atoms with Gasteiger partial charge in [-0.25, -0.2) is 8.42 Å². The van der Waals surface area contributed by atoms with Crippen molar-refractivity contribution in [3.05, 3.63) is 29.8 Å². The van der Waals surface area contributed by atoms with Crippen LogP contribution in [0.25, 0.3) is 0 Å². The molecule has 0 amide bonds. The van der Waals surface area contributed by atoms with Gasteiger partial charge in [0, 0.05) is 6.26 Å². The van der Waals surface area contributed by atoms with Crippen LogP contribution in [0.15, 0.2) is 29.2 Å². The zero-order valence-corrected chi connectivity index (χ0v) is 9.62. The van der Waals surface area contributed by atoms with E-state index in [1.54, 1.807) is 12.1 Å². The van der Waals surface area contributed by atoms with Gasteiger partial charge in [-0.05, 0) is 17.7 Å².